The standard InChI is InChI=1S/C38H34N2O/c1-23(2)30-21-27(26-13-7-6-8-14-26)22-31(24(3)4)36(30)40-33-17-11-10-16-32(33)39-38(40)29-20-19-25(5)35-28-15-9-12-18-34(28)41-37(29)35/h6-24H,1-5H3/i5D3. The molecule has 0 saturated carbocycles. The molecular weight excluding hydrogens is 500 g/mol. The Labute approximate surface area is 245 Å². The van der Waals surface area contributed by atoms with Crippen LogP contribution in [0, 0.1) is 6.85 Å². The molecular formula is C38H34N2O. The molecule has 0 unspecified atom stereocenters. The molecule has 0 atom stereocenters. The van der Waals surface area contributed by atoms with Crippen molar-refractivity contribution >= 4 is 33.0 Å². The molecule has 5 aromatic carbocycles. The topological polar surface area (TPSA) is 31.0 Å². The van der Waals surface area contributed by atoms with Crippen molar-refractivity contribution in [3.05, 3.63) is 120 Å². The number of fused-ring (bicyclic) bond motifs is 4. The molecule has 41 heavy (non-hydrogen) atoms. The summed E-state index contributed by atoms with van der Waals surface area (Å²) in [6, 6.07) is 34.6. The van der Waals surface area contributed by atoms with Gasteiger partial charge in [0, 0.05) is 14.9 Å². The van der Waals surface area contributed by atoms with Crippen molar-refractivity contribution in [3.63, 3.8) is 0 Å². The van der Waals surface area contributed by atoms with E-state index in [-0.39, 0.29) is 17.4 Å². The molecule has 0 N–H and O–H groups in total. The van der Waals surface area contributed by atoms with Crippen LogP contribution in [-0.2, 0) is 0 Å². The lowest BCUT2D eigenvalue weighted by Crippen LogP contribution is -2.09. The molecule has 0 fully saturated rings. The minimum absolute atomic E-state index is 0.226. The third-order valence-electron chi connectivity index (χ3n) is 8.07. The Hall–Kier alpha value is -4.63. The molecule has 0 amide bonds. The molecule has 2 aromatic heterocycles. The summed E-state index contributed by atoms with van der Waals surface area (Å²) in [4.78, 5) is 5.22. The van der Waals surface area contributed by atoms with Crippen LogP contribution in [0.3, 0.4) is 0 Å². The normalized spacial score (nSPS) is 13.4. The number of furan rings is 1. The van der Waals surface area contributed by atoms with Gasteiger partial charge in [0.15, 0.2) is 0 Å². The maximum atomic E-state index is 8.32. The third kappa shape index (κ3) is 4.07. The second-order valence-corrected chi connectivity index (χ2v) is 11.4. The first-order chi connectivity index (χ1) is 21.1. The molecule has 7 rings (SSSR count). The van der Waals surface area contributed by atoms with Gasteiger partial charge in [-0.1, -0.05) is 94.4 Å². The van der Waals surface area contributed by atoms with Crippen LogP contribution in [0.25, 0.3) is 61.2 Å². The van der Waals surface area contributed by atoms with Crippen LogP contribution in [0.2, 0.25) is 0 Å². The van der Waals surface area contributed by atoms with Crippen molar-refractivity contribution in [2.45, 2.75) is 46.4 Å². The molecule has 3 nitrogen and oxygen atoms in total. The first-order valence-electron chi connectivity index (χ1n) is 15.8. The van der Waals surface area contributed by atoms with E-state index in [2.05, 4.69) is 74.7 Å². The highest BCUT2D eigenvalue weighted by molar-refractivity contribution is 6.11. The average Bonchev–Trinajstić information content (AvgIpc) is 3.59. The number of benzene rings is 5. The SMILES string of the molecule is [2H]C([2H])([2H])c1ccc(-c2nc3ccccc3n2-c2c(C(C)C)cc(-c3ccccc3)cc2C(C)C)c2oc3ccccc3c12. The number of para-hydroxylation sites is 3. The zero-order chi connectivity index (χ0) is 30.7. The van der Waals surface area contributed by atoms with Gasteiger partial charge in [0.05, 0.1) is 22.3 Å². The van der Waals surface area contributed by atoms with E-state index in [0.717, 1.165) is 33.5 Å². The zero-order valence-electron chi connectivity index (χ0n) is 26.8. The van der Waals surface area contributed by atoms with Crippen molar-refractivity contribution < 1.29 is 8.53 Å². The monoisotopic (exact) mass is 537 g/mol. The van der Waals surface area contributed by atoms with E-state index in [0.29, 0.717) is 16.6 Å². The van der Waals surface area contributed by atoms with E-state index < -0.39 is 6.85 Å². The Morgan fingerprint density at radius 1 is 0.732 bits per heavy atom. The van der Waals surface area contributed by atoms with Crippen LogP contribution in [0.1, 0.15) is 60.3 Å². The Morgan fingerprint density at radius 2 is 1.41 bits per heavy atom. The van der Waals surface area contributed by atoms with Crippen molar-refractivity contribution in [2.75, 3.05) is 0 Å². The van der Waals surface area contributed by atoms with Gasteiger partial charge in [-0.25, -0.2) is 4.98 Å². The first kappa shape index (κ1) is 22.1. The summed E-state index contributed by atoms with van der Waals surface area (Å²) in [5, 5.41) is 1.40. The van der Waals surface area contributed by atoms with E-state index in [1.54, 1.807) is 6.07 Å². The smallest absolute Gasteiger partial charge is 0.149 e. The van der Waals surface area contributed by atoms with Gasteiger partial charge in [-0.3, -0.25) is 4.57 Å². The molecule has 0 saturated heterocycles. The van der Waals surface area contributed by atoms with Crippen molar-refractivity contribution in [1.82, 2.24) is 9.55 Å². The number of hydrogen-bond donors (Lipinski definition) is 0. The maximum absolute atomic E-state index is 8.32. The molecule has 202 valence electrons. The molecule has 0 aliphatic heterocycles. The van der Waals surface area contributed by atoms with Gasteiger partial charge in [-0.05, 0) is 82.9 Å². The van der Waals surface area contributed by atoms with Gasteiger partial charge < -0.3 is 4.42 Å². The summed E-state index contributed by atoms with van der Waals surface area (Å²) in [6.07, 6.45) is 0. The number of hydrogen-bond acceptors (Lipinski definition) is 2. The van der Waals surface area contributed by atoms with Crippen LogP contribution in [0.5, 0.6) is 0 Å². The zero-order valence-corrected chi connectivity index (χ0v) is 23.8. The molecule has 0 bridgehead atoms. The Balaban J connectivity index is 1.61. The minimum atomic E-state index is -2.30. The quantitative estimate of drug-likeness (QED) is 0.219. The fraction of sp³-hybridized carbons (Fsp3) is 0.184. The number of rotatable bonds is 5. The van der Waals surface area contributed by atoms with Gasteiger partial charge in [0.25, 0.3) is 0 Å². The number of imidazole rings is 1. The number of aryl methyl sites for hydroxylation is 1. The largest absolute Gasteiger partial charge is 0.455 e. The Kier molecular flexibility index (Phi) is 5.27. The summed E-state index contributed by atoms with van der Waals surface area (Å²) < 4.78 is 33.7. The fourth-order valence-corrected chi connectivity index (χ4v) is 6.05. The predicted octanol–water partition coefficient (Wildman–Crippen LogP) is 10.8. The van der Waals surface area contributed by atoms with E-state index >= 15 is 0 Å². The Morgan fingerprint density at radius 3 is 2.15 bits per heavy atom. The summed E-state index contributed by atoms with van der Waals surface area (Å²) in [7, 11) is 0. The molecule has 0 aliphatic rings. The van der Waals surface area contributed by atoms with Crippen LogP contribution in [0.4, 0.5) is 0 Å². The van der Waals surface area contributed by atoms with Crippen LogP contribution >= 0.6 is 0 Å². The second kappa shape index (κ2) is 9.78. The summed E-state index contributed by atoms with van der Waals surface area (Å²) in [5.41, 5.74) is 10.0. The molecule has 0 spiro atoms. The molecule has 2 heterocycles. The molecule has 7 aromatic rings. The maximum Gasteiger partial charge on any atom is 0.149 e. The van der Waals surface area contributed by atoms with Crippen molar-refractivity contribution in [2.24, 2.45) is 0 Å². The van der Waals surface area contributed by atoms with Gasteiger partial charge in [0.1, 0.15) is 17.0 Å². The lowest BCUT2D eigenvalue weighted by molar-refractivity contribution is 0.669. The second-order valence-electron chi connectivity index (χ2n) is 11.4. The van der Waals surface area contributed by atoms with E-state index in [4.69, 9.17) is 13.5 Å². The summed E-state index contributed by atoms with van der Waals surface area (Å²) >= 11 is 0. The fourth-order valence-electron chi connectivity index (χ4n) is 6.05. The highest BCUT2D eigenvalue weighted by Crippen LogP contribution is 2.43. The van der Waals surface area contributed by atoms with E-state index in [9.17, 15) is 0 Å². The molecule has 0 radical (unpaired) electrons. The van der Waals surface area contributed by atoms with Crippen LogP contribution in [0.15, 0.2) is 108 Å². The van der Waals surface area contributed by atoms with Crippen LogP contribution < -0.4 is 0 Å². The number of aromatic nitrogens is 2. The first-order valence-corrected chi connectivity index (χ1v) is 14.3. The Bertz CT molecular complexity index is 2140. The molecule has 3 heteroatoms. The minimum Gasteiger partial charge on any atom is -0.455 e. The van der Waals surface area contributed by atoms with Gasteiger partial charge in [-0.15, -0.1) is 0 Å². The van der Waals surface area contributed by atoms with Gasteiger partial charge in [0.2, 0.25) is 0 Å². The highest BCUT2D eigenvalue weighted by Gasteiger charge is 2.25. The van der Waals surface area contributed by atoms with Crippen LogP contribution in [-0.4, -0.2) is 9.55 Å². The lowest BCUT2D eigenvalue weighted by Gasteiger charge is -2.24. The summed E-state index contributed by atoms with van der Waals surface area (Å²) in [5.74, 6) is 1.18. The van der Waals surface area contributed by atoms with E-state index in [1.165, 1.54) is 22.3 Å². The number of nitrogens with zero attached hydrogens (tertiary/aromatic N) is 2. The van der Waals surface area contributed by atoms with Gasteiger partial charge >= 0.3 is 0 Å². The van der Waals surface area contributed by atoms with E-state index in [1.807, 2.05) is 54.6 Å². The highest BCUT2D eigenvalue weighted by atomic mass is 16.3. The summed E-state index contributed by atoms with van der Waals surface area (Å²) in [6.45, 7) is 6.64. The third-order valence-corrected chi connectivity index (χ3v) is 8.07. The lowest BCUT2D eigenvalue weighted by atomic mass is 9.88. The van der Waals surface area contributed by atoms with Gasteiger partial charge in [-0.2, -0.15) is 0 Å². The average molecular weight is 538 g/mol. The van der Waals surface area contributed by atoms with Crippen molar-refractivity contribution in [3.8, 4) is 28.2 Å². The predicted molar refractivity (Wildman–Crippen MR) is 172 cm³/mol. The van der Waals surface area contributed by atoms with Crippen molar-refractivity contribution in [1.29, 1.82) is 0 Å². The molecule has 0 aliphatic carbocycles.